The third-order valence-electron chi connectivity index (χ3n) is 2.88. The molecular weight excluding hydrogens is 230 g/mol. The van der Waals surface area contributed by atoms with E-state index in [1.807, 2.05) is 19.4 Å². The van der Waals surface area contributed by atoms with E-state index in [2.05, 4.69) is 6.58 Å². The number of ether oxygens (including phenoxy) is 1. The molecule has 1 unspecified atom stereocenters. The van der Waals surface area contributed by atoms with Crippen molar-refractivity contribution in [1.29, 1.82) is 0 Å². The standard InChI is InChI=1S/C10H17NO2S2/c1-6-7-11-8(12)9(2,13-3)10(11,14-4)15-5/h6H,1,7H2,2-5H3. The summed E-state index contributed by atoms with van der Waals surface area (Å²) in [6, 6.07) is 0. The molecule has 0 aromatic rings. The summed E-state index contributed by atoms with van der Waals surface area (Å²) in [6.45, 7) is 6.09. The number of carbonyl (C=O) groups is 1. The van der Waals surface area contributed by atoms with Crippen molar-refractivity contribution in [1.82, 2.24) is 4.90 Å². The van der Waals surface area contributed by atoms with Crippen molar-refractivity contribution in [3.8, 4) is 0 Å². The molecule has 1 amide bonds. The molecule has 5 heteroatoms. The lowest BCUT2D eigenvalue weighted by molar-refractivity contribution is -0.185. The van der Waals surface area contributed by atoms with E-state index in [0.717, 1.165) is 0 Å². The van der Waals surface area contributed by atoms with Gasteiger partial charge in [0.25, 0.3) is 5.91 Å². The predicted octanol–water partition coefficient (Wildman–Crippen LogP) is 1.80. The van der Waals surface area contributed by atoms with Crippen LogP contribution in [0.1, 0.15) is 6.92 Å². The zero-order valence-corrected chi connectivity index (χ0v) is 11.2. The molecule has 0 aromatic carbocycles. The van der Waals surface area contributed by atoms with E-state index in [1.54, 1.807) is 41.6 Å². The van der Waals surface area contributed by atoms with Gasteiger partial charge in [0.05, 0.1) is 0 Å². The van der Waals surface area contributed by atoms with Gasteiger partial charge in [-0.1, -0.05) is 6.08 Å². The molecule has 0 aromatic heterocycles. The molecule has 0 saturated carbocycles. The van der Waals surface area contributed by atoms with Gasteiger partial charge in [-0.05, 0) is 19.4 Å². The van der Waals surface area contributed by atoms with Crippen LogP contribution in [0.4, 0.5) is 0 Å². The summed E-state index contributed by atoms with van der Waals surface area (Å²) in [5.41, 5.74) is -0.727. The SMILES string of the molecule is C=CCN1C(=O)C(C)(OC)C1(SC)SC. The minimum atomic E-state index is -0.727. The maximum Gasteiger partial charge on any atom is 0.261 e. The number of carbonyl (C=O) groups excluding carboxylic acids is 1. The van der Waals surface area contributed by atoms with Gasteiger partial charge in [0.15, 0.2) is 9.80 Å². The van der Waals surface area contributed by atoms with Crippen LogP contribution in [0, 0.1) is 0 Å². The number of amides is 1. The second-order valence-electron chi connectivity index (χ2n) is 3.43. The van der Waals surface area contributed by atoms with E-state index in [4.69, 9.17) is 4.74 Å². The summed E-state index contributed by atoms with van der Waals surface area (Å²) < 4.78 is 5.07. The van der Waals surface area contributed by atoms with Crippen LogP contribution in [0.3, 0.4) is 0 Å². The fourth-order valence-electron chi connectivity index (χ4n) is 1.97. The topological polar surface area (TPSA) is 29.5 Å². The van der Waals surface area contributed by atoms with Crippen molar-refractivity contribution in [2.45, 2.75) is 16.7 Å². The number of hydrogen-bond donors (Lipinski definition) is 0. The summed E-state index contributed by atoms with van der Waals surface area (Å²) in [7, 11) is 1.59. The molecule has 0 aliphatic carbocycles. The molecule has 0 bridgehead atoms. The van der Waals surface area contributed by atoms with Crippen molar-refractivity contribution < 1.29 is 9.53 Å². The van der Waals surface area contributed by atoms with E-state index in [1.165, 1.54) is 0 Å². The van der Waals surface area contributed by atoms with Gasteiger partial charge in [-0.15, -0.1) is 30.1 Å². The minimum Gasteiger partial charge on any atom is -0.364 e. The largest absolute Gasteiger partial charge is 0.364 e. The third-order valence-corrected chi connectivity index (χ3v) is 6.21. The van der Waals surface area contributed by atoms with E-state index >= 15 is 0 Å². The lowest BCUT2D eigenvalue weighted by Crippen LogP contribution is -2.78. The quantitative estimate of drug-likeness (QED) is 0.421. The van der Waals surface area contributed by atoms with Gasteiger partial charge in [-0.2, -0.15) is 0 Å². The Hall–Kier alpha value is -0.130. The highest BCUT2D eigenvalue weighted by Crippen LogP contribution is 2.56. The molecule has 86 valence electrons. The molecule has 1 heterocycles. The molecule has 1 aliphatic heterocycles. The Morgan fingerprint density at radius 2 is 2.07 bits per heavy atom. The van der Waals surface area contributed by atoms with Crippen LogP contribution in [0.5, 0.6) is 0 Å². The van der Waals surface area contributed by atoms with Crippen LogP contribution in [-0.4, -0.2) is 46.8 Å². The molecule has 0 radical (unpaired) electrons. The average molecular weight is 247 g/mol. The Labute approximate surface area is 99.6 Å². The average Bonchev–Trinajstić information content (AvgIpc) is 2.28. The highest BCUT2D eigenvalue weighted by Gasteiger charge is 2.69. The number of thioether (sulfide) groups is 2. The maximum atomic E-state index is 12.0. The number of nitrogens with zero attached hydrogens (tertiary/aromatic N) is 1. The molecule has 15 heavy (non-hydrogen) atoms. The first-order valence-electron chi connectivity index (χ1n) is 4.62. The predicted molar refractivity (Wildman–Crippen MR) is 67.1 cm³/mol. The van der Waals surface area contributed by atoms with Crippen LogP contribution >= 0.6 is 23.5 Å². The summed E-state index contributed by atoms with van der Waals surface area (Å²) in [4.78, 5) is 13.8. The van der Waals surface area contributed by atoms with E-state index in [0.29, 0.717) is 6.54 Å². The zero-order valence-electron chi connectivity index (χ0n) is 9.57. The molecule has 0 spiro atoms. The highest BCUT2D eigenvalue weighted by molar-refractivity contribution is 8.17. The Kier molecular flexibility index (Phi) is 3.79. The van der Waals surface area contributed by atoms with Gasteiger partial charge in [0.2, 0.25) is 0 Å². The van der Waals surface area contributed by atoms with Crippen LogP contribution in [0.2, 0.25) is 0 Å². The van der Waals surface area contributed by atoms with Crippen LogP contribution in [0.25, 0.3) is 0 Å². The second-order valence-corrected chi connectivity index (χ2v) is 5.69. The fourth-order valence-corrected chi connectivity index (χ4v) is 4.52. The molecule has 3 nitrogen and oxygen atoms in total. The maximum absolute atomic E-state index is 12.0. The normalized spacial score (nSPS) is 28.8. The molecule has 1 aliphatic rings. The van der Waals surface area contributed by atoms with Crippen molar-refractivity contribution in [2.75, 3.05) is 26.2 Å². The molecule has 1 fully saturated rings. The smallest absolute Gasteiger partial charge is 0.261 e. The van der Waals surface area contributed by atoms with Gasteiger partial charge < -0.3 is 9.64 Å². The first-order chi connectivity index (χ1) is 7.04. The number of likely N-dealkylation sites (tertiary alicyclic amines) is 1. The number of methoxy groups -OCH3 is 1. The third kappa shape index (κ3) is 1.44. The lowest BCUT2D eigenvalue weighted by Gasteiger charge is -2.60. The summed E-state index contributed by atoms with van der Waals surface area (Å²) in [5, 5.41) is 0. The Balaban J connectivity index is 3.04. The van der Waals surface area contributed by atoms with E-state index in [9.17, 15) is 4.79 Å². The summed E-state index contributed by atoms with van der Waals surface area (Å²) in [6.07, 6.45) is 5.74. The number of β-lactam (4-membered cyclic amide) rings is 1. The van der Waals surface area contributed by atoms with E-state index in [-0.39, 0.29) is 10.1 Å². The molecule has 1 saturated heterocycles. The second kappa shape index (κ2) is 4.39. The fraction of sp³-hybridized carbons (Fsp3) is 0.700. The molecular formula is C10H17NO2S2. The zero-order chi connectivity index (χ0) is 11.7. The van der Waals surface area contributed by atoms with Crippen molar-refractivity contribution in [3.63, 3.8) is 0 Å². The Bertz CT molecular complexity index is 279. The summed E-state index contributed by atoms with van der Waals surface area (Å²) in [5.74, 6) is 0.0357. The molecule has 0 N–H and O–H groups in total. The Morgan fingerprint density at radius 3 is 2.40 bits per heavy atom. The highest BCUT2D eigenvalue weighted by atomic mass is 32.2. The van der Waals surface area contributed by atoms with E-state index < -0.39 is 5.60 Å². The first kappa shape index (κ1) is 12.9. The van der Waals surface area contributed by atoms with Gasteiger partial charge in [-0.25, -0.2) is 0 Å². The minimum absolute atomic E-state index is 0.0357. The lowest BCUT2D eigenvalue weighted by atomic mass is 9.93. The van der Waals surface area contributed by atoms with Gasteiger partial charge >= 0.3 is 0 Å². The van der Waals surface area contributed by atoms with Crippen molar-refractivity contribution >= 4 is 29.4 Å². The first-order valence-corrected chi connectivity index (χ1v) is 7.07. The van der Waals surface area contributed by atoms with Gasteiger partial charge in [0.1, 0.15) is 0 Å². The van der Waals surface area contributed by atoms with Gasteiger partial charge in [-0.3, -0.25) is 4.79 Å². The Morgan fingerprint density at radius 1 is 1.53 bits per heavy atom. The number of hydrogen-bond acceptors (Lipinski definition) is 4. The summed E-state index contributed by atoms with van der Waals surface area (Å²) >= 11 is 3.28. The van der Waals surface area contributed by atoms with Crippen LogP contribution in [-0.2, 0) is 9.53 Å². The van der Waals surface area contributed by atoms with Gasteiger partial charge in [0, 0.05) is 13.7 Å². The van der Waals surface area contributed by atoms with Crippen LogP contribution < -0.4 is 0 Å². The monoisotopic (exact) mass is 247 g/mol. The van der Waals surface area contributed by atoms with Crippen molar-refractivity contribution in [2.24, 2.45) is 0 Å². The van der Waals surface area contributed by atoms with Crippen molar-refractivity contribution in [3.05, 3.63) is 12.7 Å². The molecule has 1 atom stereocenters. The molecule has 1 rings (SSSR count). The van der Waals surface area contributed by atoms with Crippen LogP contribution in [0.15, 0.2) is 12.7 Å². The number of rotatable bonds is 5.